The number of hydrogen-bond donors (Lipinski definition) is 0. The second-order valence-corrected chi connectivity index (χ2v) is 7.60. The highest BCUT2D eigenvalue weighted by molar-refractivity contribution is 8.26. The first-order valence-corrected chi connectivity index (χ1v) is 9.74. The second-order valence-electron chi connectivity index (χ2n) is 5.93. The van der Waals surface area contributed by atoms with E-state index in [2.05, 4.69) is 0 Å². The standard InChI is InChI=1S/C20H17NO4S2/c1-2-23-15-6-4-3-5-14(15)10-18-19(22)21(20(26)27-18)11-13-7-8-16-17(9-13)25-12-24-16/h3-10H,2,11-12H2,1H3/b18-10-. The maximum Gasteiger partial charge on any atom is 0.266 e. The molecule has 2 aliphatic rings. The molecular formula is C20H17NO4S2. The zero-order valence-electron chi connectivity index (χ0n) is 14.6. The molecule has 0 radical (unpaired) electrons. The van der Waals surface area contributed by atoms with Crippen molar-refractivity contribution < 1.29 is 19.0 Å². The van der Waals surface area contributed by atoms with Crippen LogP contribution in [-0.4, -0.2) is 28.5 Å². The molecule has 0 aliphatic carbocycles. The molecule has 1 amide bonds. The Morgan fingerprint density at radius 1 is 1.22 bits per heavy atom. The van der Waals surface area contributed by atoms with Crippen molar-refractivity contribution in [3.63, 3.8) is 0 Å². The Kier molecular flexibility index (Phi) is 5.05. The van der Waals surface area contributed by atoms with Crippen molar-refractivity contribution in [3.8, 4) is 17.2 Å². The molecule has 0 spiro atoms. The molecule has 1 saturated heterocycles. The van der Waals surface area contributed by atoms with Gasteiger partial charge in [-0.3, -0.25) is 9.69 Å². The topological polar surface area (TPSA) is 48.0 Å². The van der Waals surface area contributed by atoms with Gasteiger partial charge in [0.15, 0.2) is 11.5 Å². The molecule has 0 unspecified atom stereocenters. The Bertz CT molecular complexity index is 941. The predicted octanol–water partition coefficient (Wildman–Crippen LogP) is 4.22. The fourth-order valence-electron chi connectivity index (χ4n) is 2.89. The minimum absolute atomic E-state index is 0.103. The Morgan fingerprint density at radius 2 is 2.04 bits per heavy atom. The van der Waals surface area contributed by atoms with E-state index in [1.165, 1.54) is 11.8 Å². The van der Waals surface area contributed by atoms with Crippen LogP contribution < -0.4 is 14.2 Å². The van der Waals surface area contributed by atoms with Crippen LogP contribution in [0.3, 0.4) is 0 Å². The van der Waals surface area contributed by atoms with Crippen LogP contribution in [0.2, 0.25) is 0 Å². The molecule has 0 saturated carbocycles. The second kappa shape index (κ2) is 7.62. The number of benzene rings is 2. The van der Waals surface area contributed by atoms with E-state index in [1.54, 1.807) is 4.90 Å². The van der Waals surface area contributed by atoms with Gasteiger partial charge in [0.1, 0.15) is 10.1 Å². The molecule has 27 heavy (non-hydrogen) atoms. The molecular weight excluding hydrogens is 382 g/mol. The molecule has 4 rings (SSSR count). The first-order valence-electron chi connectivity index (χ1n) is 8.51. The van der Waals surface area contributed by atoms with Crippen LogP contribution in [0.4, 0.5) is 0 Å². The number of hydrogen-bond acceptors (Lipinski definition) is 6. The van der Waals surface area contributed by atoms with Crippen molar-refractivity contribution >= 4 is 40.3 Å². The number of ether oxygens (including phenoxy) is 3. The molecule has 1 fully saturated rings. The fourth-order valence-corrected chi connectivity index (χ4v) is 4.13. The lowest BCUT2D eigenvalue weighted by Gasteiger charge is -2.14. The molecule has 2 heterocycles. The van der Waals surface area contributed by atoms with Gasteiger partial charge in [0.25, 0.3) is 5.91 Å². The molecule has 0 aromatic heterocycles. The summed E-state index contributed by atoms with van der Waals surface area (Å²) in [5.74, 6) is 2.06. The quantitative estimate of drug-likeness (QED) is 0.554. The van der Waals surface area contributed by atoms with E-state index in [0.29, 0.717) is 28.1 Å². The van der Waals surface area contributed by atoms with Crippen molar-refractivity contribution in [1.82, 2.24) is 4.90 Å². The highest BCUT2D eigenvalue weighted by Gasteiger charge is 2.32. The molecule has 2 aliphatic heterocycles. The van der Waals surface area contributed by atoms with Gasteiger partial charge in [0, 0.05) is 5.56 Å². The van der Waals surface area contributed by atoms with Crippen molar-refractivity contribution in [2.45, 2.75) is 13.5 Å². The minimum Gasteiger partial charge on any atom is -0.493 e. The van der Waals surface area contributed by atoms with E-state index in [0.717, 1.165) is 22.6 Å². The third-order valence-electron chi connectivity index (χ3n) is 4.16. The van der Waals surface area contributed by atoms with Crippen molar-refractivity contribution in [3.05, 3.63) is 58.5 Å². The van der Waals surface area contributed by atoms with E-state index < -0.39 is 0 Å². The summed E-state index contributed by atoms with van der Waals surface area (Å²) in [6.45, 7) is 3.12. The van der Waals surface area contributed by atoms with Gasteiger partial charge in [-0.2, -0.15) is 0 Å². The van der Waals surface area contributed by atoms with Gasteiger partial charge >= 0.3 is 0 Å². The lowest BCUT2D eigenvalue weighted by Crippen LogP contribution is -2.27. The summed E-state index contributed by atoms with van der Waals surface area (Å²) in [5, 5.41) is 0. The van der Waals surface area contributed by atoms with Crippen LogP contribution in [-0.2, 0) is 11.3 Å². The van der Waals surface area contributed by atoms with Gasteiger partial charge in [0.05, 0.1) is 18.1 Å². The average Bonchev–Trinajstić information content (AvgIpc) is 3.23. The molecule has 0 atom stereocenters. The van der Waals surface area contributed by atoms with E-state index in [1.807, 2.05) is 55.5 Å². The van der Waals surface area contributed by atoms with Gasteiger partial charge in [-0.15, -0.1) is 0 Å². The van der Waals surface area contributed by atoms with Crippen LogP contribution in [0.5, 0.6) is 17.2 Å². The maximum atomic E-state index is 12.9. The summed E-state index contributed by atoms with van der Waals surface area (Å²) in [5.41, 5.74) is 1.80. The SMILES string of the molecule is CCOc1ccccc1/C=C1\SC(=S)N(Cc2ccc3c(c2)OCO3)C1=O. The highest BCUT2D eigenvalue weighted by Crippen LogP contribution is 2.37. The number of rotatable bonds is 5. The molecule has 5 nitrogen and oxygen atoms in total. The van der Waals surface area contributed by atoms with Crippen LogP contribution in [0.15, 0.2) is 47.4 Å². The number of carbonyl (C=O) groups excluding carboxylic acids is 1. The smallest absolute Gasteiger partial charge is 0.266 e. The molecule has 7 heteroatoms. The van der Waals surface area contributed by atoms with E-state index in [-0.39, 0.29) is 12.7 Å². The van der Waals surface area contributed by atoms with Gasteiger partial charge in [-0.1, -0.05) is 48.2 Å². The fraction of sp³-hybridized carbons (Fsp3) is 0.200. The number of para-hydroxylation sites is 1. The monoisotopic (exact) mass is 399 g/mol. The Labute approximate surface area is 166 Å². The Morgan fingerprint density at radius 3 is 2.89 bits per heavy atom. The molecule has 0 bridgehead atoms. The van der Waals surface area contributed by atoms with Crippen LogP contribution in [0.1, 0.15) is 18.1 Å². The first kappa shape index (κ1) is 17.9. The summed E-state index contributed by atoms with van der Waals surface area (Å²) in [6.07, 6.45) is 1.84. The minimum atomic E-state index is -0.103. The predicted molar refractivity (Wildman–Crippen MR) is 109 cm³/mol. The van der Waals surface area contributed by atoms with Crippen LogP contribution >= 0.6 is 24.0 Å². The van der Waals surface area contributed by atoms with Gasteiger partial charge in [-0.25, -0.2) is 0 Å². The van der Waals surface area contributed by atoms with Crippen molar-refractivity contribution in [2.24, 2.45) is 0 Å². The highest BCUT2D eigenvalue weighted by atomic mass is 32.2. The summed E-state index contributed by atoms with van der Waals surface area (Å²) >= 11 is 6.74. The van der Waals surface area contributed by atoms with E-state index >= 15 is 0 Å². The Hall–Kier alpha value is -2.51. The molecule has 2 aromatic rings. The van der Waals surface area contributed by atoms with Crippen molar-refractivity contribution in [1.29, 1.82) is 0 Å². The zero-order valence-corrected chi connectivity index (χ0v) is 16.3. The number of carbonyl (C=O) groups is 1. The third-order valence-corrected chi connectivity index (χ3v) is 5.53. The lowest BCUT2D eigenvalue weighted by molar-refractivity contribution is -0.122. The third kappa shape index (κ3) is 3.65. The lowest BCUT2D eigenvalue weighted by atomic mass is 10.1. The summed E-state index contributed by atoms with van der Waals surface area (Å²) in [4.78, 5) is 15.1. The molecule has 0 N–H and O–H groups in total. The average molecular weight is 399 g/mol. The van der Waals surface area contributed by atoms with Gasteiger partial charge in [-0.05, 0) is 36.8 Å². The zero-order chi connectivity index (χ0) is 18.8. The molecule has 138 valence electrons. The van der Waals surface area contributed by atoms with Gasteiger partial charge in [0.2, 0.25) is 6.79 Å². The van der Waals surface area contributed by atoms with Gasteiger partial charge < -0.3 is 14.2 Å². The summed E-state index contributed by atoms with van der Waals surface area (Å²) in [6, 6.07) is 13.3. The van der Waals surface area contributed by atoms with Crippen molar-refractivity contribution in [2.75, 3.05) is 13.4 Å². The number of fused-ring (bicyclic) bond motifs is 1. The van der Waals surface area contributed by atoms with Crippen LogP contribution in [0, 0.1) is 0 Å². The maximum absolute atomic E-state index is 12.9. The van der Waals surface area contributed by atoms with E-state index in [9.17, 15) is 4.79 Å². The largest absolute Gasteiger partial charge is 0.493 e. The first-order chi connectivity index (χ1) is 13.2. The number of thioether (sulfide) groups is 1. The number of amides is 1. The molecule has 2 aromatic carbocycles. The summed E-state index contributed by atoms with van der Waals surface area (Å²) in [7, 11) is 0. The van der Waals surface area contributed by atoms with Crippen LogP contribution in [0.25, 0.3) is 6.08 Å². The summed E-state index contributed by atoms with van der Waals surface area (Å²) < 4.78 is 16.9. The number of nitrogens with zero attached hydrogens (tertiary/aromatic N) is 1. The number of thiocarbonyl (C=S) groups is 1. The van der Waals surface area contributed by atoms with E-state index in [4.69, 9.17) is 26.4 Å². The normalized spacial score (nSPS) is 17.1. The Balaban J connectivity index is 1.55.